The lowest BCUT2D eigenvalue weighted by atomic mass is 10.2. The molecule has 0 saturated heterocycles. The Bertz CT molecular complexity index is 725. The predicted octanol–water partition coefficient (Wildman–Crippen LogP) is 2.61. The fraction of sp³-hybridized carbons (Fsp3) is 0.471. The van der Waals surface area contributed by atoms with E-state index in [0.29, 0.717) is 12.5 Å². The van der Waals surface area contributed by atoms with Crippen LogP contribution in [0, 0.1) is 12.8 Å². The summed E-state index contributed by atoms with van der Waals surface area (Å²) in [6, 6.07) is 4.04. The number of hydrogen-bond donors (Lipinski definition) is 0. The Morgan fingerprint density at radius 3 is 3.00 bits per heavy atom. The third-order valence-electron chi connectivity index (χ3n) is 4.43. The molecule has 1 amide bonds. The van der Waals surface area contributed by atoms with Crippen LogP contribution in [0.2, 0.25) is 0 Å². The normalized spacial score (nSPS) is 17.8. The molecule has 0 N–H and O–H groups in total. The van der Waals surface area contributed by atoms with Crippen molar-refractivity contribution in [2.24, 2.45) is 5.92 Å². The van der Waals surface area contributed by atoms with E-state index in [0.717, 1.165) is 54.6 Å². The van der Waals surface area contributed by atoms with E-state index in [-0.39, 0.29) is 5.92 Å². The molecule has 5 nitrogen and oxygen atoms in total. The number of anilines is 1. The minimum absolute atomic E-state index is 0.267. The summed E-state index contributed by atoms with van der Waals surface area (Å²) < 4.78 is 0. The van der Waals surface area contributed by atoms with E-state index in [1.54, 1.807) is 11.3 Å². The van der Waals surface area contributed by atoms with Crippen molar-refractivity contribution < 1.29 is 4.79 Å². The molecule has 0 spiro atoms. The molecule has 0 radical (unpaired) electrons. The predicted molar refractivity (Wildman–Crippen MR) is 90.3 cm³/mol. The lowest BCUT2D eigenvalue weighted by Crippen LogP contribution is -2.36. The SMILES string of the molecule is Cc1nc(CN2CCN(C(=O)C3CC3)Cc3cccnc32)cs1. The third-order valence-corrected chi connectivity index (χ3v) is 5.25. The van der Waals surface area contributed by atoms with Crippen molar-refractivity contribution in [1.82, 2.24) is 14.9 Å². The summed E-state index contributed by atoms with van der Waals surface area (Å²) in [6.07, 6.45) is 3.94. The van der Waals surface area contributed by atoms with Gasteiger partial charge in [-0.15, -0.1) is 11.3 Å². The van der Waals surface area contributed by atoms with Gasteiger partial charge in [0.05, 0.1) is 17.2 Å². The summed E-state index contributed by atoms with van der Waals surface area (Å²) in [6.45, 7) is 5.01. The second kappa shape index (κ2) is 5.92. The summed E-state index contributed by atoms with van der Waals surface area (Å²) in [7, 11) is 0. The highest BCUT2D eigenvalue weighted by Crippen LogP contribution is 2.33. The Morgan fingerprint density at radius 2 is 2.26 bits per heavy atom. The van der Waals surface area contributed by atoms with Crippen LogP contribution in [-0.2, 0) is 17.9 Å². The van der Waals surface area contributed by atoms with Crippen LogP contribution in [-0.4, -0.2) is 33.9 Å². The molecule has 0 unspecified atom stereocenters. The highest BCUT2D eigenvalue weighted by Gasteiger charge is 2.35. The molecular formula is C17H20N4OS. The van der Waals surface area contributed by atoms with Gasteiger partial charge in [0.25, 0.3) is 0 Å². The van der Waals surface area contributed by atoms with Crippen LogP contribution >= 0.6 is 11.3 Å². The third kappa shape index (κ3) is 3.08. The lowest BCUT2D eigenvalue weighted by molar-refractivity contribution is -0.132. The van der Waals surface area contributed by atoms with Crippen molar-refractivity contribution in [2.75, 3.05) is 18.0 Å². The molecule has 6 heteroatoms. The van der Waals surface area contributed by atoms with Crippen LogP contribution in [0.15, 0.2) is 23.7 Å². The second-order valence-corrected chi connectivity index (χ2v) is 7.36. The largest absolute Gasteiger partial charge is 0.349 e. The number of fused-ring (bicyclic) bond motifs is 1. The van der Waals surface area contributed by atoms with Crippen LogP contribution in [0.1, 0.15) is 29.1 Å². The molecule has 1 saturated carbocycles. The summed E-state index contributed by atoms with van der Waals surface area (Å²) in [5.41, 5.74) is 2.21. The maximum atomic E-state index is 12.5. The lowest BCUT2D eigenvalue weighted by Gasteiger charge is -2.23. The van der Waals surface area contributed by atoms with E-state index in [1.165, 1.54) is 0 Å². The van der Waals surface area contributed by atoms with E-state index in [2.05, 4.69) is 26.3 Å². The average Bonchev–Trinajstić information content (AvgIpc) is 3.34. The van der Waals surface area contributed by atoms with E-state index < -0.39 is 0 Å². The number of amides is 1. The van der Waals surface area contributed by atoms with Gasteiger partial charge >= 0.3 is 0 Å². The van der Waals surface area contributed by atoms with Gasteiger partial charge in [0, 0.05) is 42.7 Å². The number of nitrogens with zero attached hydrogens (tertiary/aromatic N) is 4. The molecule has 1 aliphatic heterocycles. The van der Waals surface area contributed by atoms with Crippen molar-refractivity contribution in [3.63, 3.8) is 0 Å². The number of aryl methyl sites for hydroxylation is 1. The molecule has 23 heavy (non-hydrogen) atoms. The number of pyridine rings is 1. The van der Waals surface area contributed by atoms with Crippen LogP contribution < -0.4 is 4.90 Å². The van der Waals surface area contributed by atoms with E-state index in [4.69, 9.17) is 0 Å². The molecule has 1 aliphatic carbocycles. The molecule has 0 bridgehead atoms. The zero-order valence-corrected chi connectivity index (χ0v) is 14.1. The number of hydrogen-bond acceptors (Lipinski definition) is 5. The molecule has 2 aromatic rings. The van der Waals surface area contributed by atoms with Gasteiger partial charge < -0.3 is 9.80 Å². The van der Waals surface area contributed by atoms with Crippen molar-refractivity contribution in [2.45, 2.75) is 32.9 Å². The van der Waals surface area contributed by atoms with Crippen molar-refractivity contribution in [3.05, 3.63) is 40.0 Å². The number of carbonyl (C=O) groups is 1. The quantitative estimate of drug-likeness (QED) is 0.869. The molecular weight excluding hydrogens is 308 g/mol. The average molecular weight is 328 g/mol. The Kier molecular flexibility index (Phi) is 3.77. The molecule has 4 rings (SSSR count). The number of aromatic nitrogens is 2. The fourth-order valence-electron chi connectivity index (χ4n) is 3.08. The van der Waals surface area contributed by atoms with Crippen LogP contribution in [0.4, 0.5) is 5.82 Å². The van der Waals surface area contributed by atoms with Crippen molar-refractivity contribution in [1.29, 1.82) is 0 Å². The Hall–Kier alpha value is -1.95. The van der Waals surface area contributed by atoms with Crippen LogP contribution in [0.3, 0.4) is 0 Å². The second-order valence-electron chi connectivity index (χ2n) is 6.30. The van der Waals surface area contributed by atoms with Crippen molar-refractivity contribution >= 4 is 23.1 Å². The number of rotatable bonds is 3. The first kappa shape index (κ1) is 14.6. The summed E-state index contributed by atoms with van der Waals surface area (Å²) in [5.74, 6) is 1.57. The number of thiazole rings is 1. The molecule has 2 aliphatic rings. The minimum atomic E-state index is 0.267. The Morgan fingerprint density at radius 1 is 1.39 bits per heavy atom. The van der Waals surface area contributed by atoms with E-state index in [9.17, 15) is 4.79 Å². The minimum Gasteiger partial charge on any atom is -0.349 e. The summed E-state index contributed by atoms with van der Waals surface area (Å²) >= 11 is 1.67. The zero-order chi connectivity index (χ0) is 15.8. The molecule has 1 fully saturated rings. The topological polar surface area (TPSA) is 49.3 Å². The molecule has 120 valence electrons. The summed E-state index contributed by atoms with van der Waals surface area (Å²) in [4.78, 5) is 25.9. The standard InChI is InChI=1S/C17H20N4OS/c1-12-19-15(11-23-12)10-20-7-8-21(17(22)13-4-5-13)9-14-3-2-6-18-16(14)20/h2-3,6,11,13H,4-5,7-10H2,1H3. The van der Waals surface area contributed by atoms with E-state index in [1.807, 2.05) is 24.1 Å². The Labute approximate surface area is 140 Å². The molecule has 0 atom stereocenters. The van der Waals surface area contributed by atoms with Gasteiger partial charge in [0.15, 0.2) is 0 Å². The maximum Gasteiger partial charge on any atom is 0.226 e. The summed E-state index contributed by atoms with van der Waals surface area (Å²) in [5, 5.41) is 3.19. The van der Waals surface area contributed by atoms with Gasteiger partial charge in [-0.1, -0.05) is 6.07 Å². The van der Waals surface area contributed by atoms with Gasteiger partial charge in [0.2, 0.25) is 5.91 Å². The first-order valence-corrected chi connectivity index (χ1v) is 8.97. The highest BCUT2D eigenvalue weighted by molar-refractivity contribution is 7.09. The van der Waals surface area contributed by atoms with Gasteiger partial charge in [0.1, 0.15) is 5.82 Å². The number of carbonyl (C=O) groups excluding carboxylic acids is 1. The smallest absolute Gasteiger partial charge is 0.226 e. The monoisotopic (exact) mass is 328 g/mol. The van der Waals surface area contributed by atoms with Gasteiger partial charge in [-0.05, 0) is 25.8 Å². The first-order valence-electron chi connectivity index (χ1n) is 8.09. The van der Waals surface area contributed by atoms with Gasteiger partial charge in [-0.25, -0.2) is 9.97 Å². The fourth-order valence-corrected chi connectivity index (χ4v) is 3.68. The van der Waals surface area contributed by atoms with Gasteiger partial charge in [-0.3, -0.25) is 4.79 Å². The Balaban J connectivity index is 1.59. The molecule has 3 heterocycles. The van der Waals surface area contributed by atoms with Crippen LogP contribution in [0.5, 0.6) is 0 Å². The molecule has 0 aromatic carbocycles. The van der Waals surface area contributed by atoms with E-state index >= 15 is 0 Å². The van der Waals surface area contributed by atoms with Crippen molar-refractivity contribution in [3.8, 4) is 0 Å². The highest BCUT2D eigenvalue weighted by atomic mass is 32.1. The van der Waals surface area contributed by atoms with Crippen LogP contribution in [0.25, 0.3) is 0 Å². The first-order chi connectivity index (χ1) is 11.2. The molecule has 2 aromatic heterocycles. The maximum absolute atomic E-state index is 12.5. The zero-order valence-electron chi connectivity index (χ0n) is 13.2. The van der Waals surface area contributed by atoms with Gasteiger partial charge in [-0.2, -0.15) is 0 Å².